The third-order valence-electron chi connectivity index (χ3n) is 6.25. The van der Waals surface area contributed by atoms with Crippen molar-refractivity contribution in [2.24, 2.45) is 0 Å². The van der Waals surface area contributed by atoms with Crippen LogP contribution in [0.1, 0.15) is 19.8 Å². The average molecular weight is 485 g/mol. The predicted molar refractivity (Wildman–Crippen MR) is 129 cm³/mol. The lowest BCUT2D eigenvalue weighted by atomic mass is 10.2. The highest BCUT2D eigenvalue weighted by molar-refractivity contribution is 7.92. The summed E-state index contributed by atoms with van der Waals surface area (Å²) in [7, 11) is -1.62. The first kappa shape index (κ1) is 20.8. The number of para-hydroxylation sites is 2. The summed E-state index contributed by atoms with van der Waals surface area (Å²) in [6.07, 6.45) is 1.42. The zero-order valence-electron chi connectivity index (χ0n) is 18.4. The molecule has 3 aromatic heterocycles. The normalized spacial score (nSPS) is 19.5. The molecule has 0 radical (unpaired) electrons. The van der Waals surface area contributed by atoms with E-state index in [9.17, 15) is 8.42 Å². The molecule has 1 saturated carbocycles. The minimum atomic E-state index is -3.42. The lowest BCUT2D eigenvalue weighted by Crippen LogP contribution is -2.44. The zero-order valence-corrected chi connectivity index (χ0v) is 20.0. The highest BCUT2D eigenvalue weighted by Gasteiger charge is 2.39. The number of hydrogen-bond donors (Lipinski definition) is 1. The summed E-state index contributed by atoms with van der Waals surface area (Å²) < 4.78 is 34.8. The van der Waals surface area contributed by atoms with Crippen molar-refractivity contribution in [3.8, 4) is 5.95 Å². The summed E-state index contributed by atoms with van der Waals surface area (Å²) in [4.78, 5) is 17.0. The second kappa shape index (κ2) is 7.64. The van der Waals surface area contributed by atoms with Crippen LogP contribution in [0.25, 0.3) is 27.2 Å². The Kier molecular flexibility index (Phi) is 4.82. The Morgan fingerprint density at radius 2 is 2.00 bits per heavy atom. The van der Waals surface area contributed by atoms with Crippen LogP contribution in [0.5, 0.6) is 0 Å². The number of nitrogens with zero attached hydrogens (tertiary/aromatic N) is 5. The first-order valence-corrected chi connectivity index (χ1v) is 13.4. The van der Waals surface area contributed by atoms with Gasteiger partial charge in [-0.05, 0) is 31.9 Å². The summed E-state index contributed by atoms with van der Waals surface area (Å²) in [6, 6.07) is 7.88. The standard InChI is InChI=1S/C22H24N6O3S2/c1-13-11-31-10-9-27(13)20-19-18(17(12-32-19)33(29,30)14-7-8-14)25-22(26-20)28-16-6-4-3-5-15(16)24-21(28)23-2/h3-6,12-14H,7-11H2,1-2H3,(H,23,24)/t13-/m1/s1. The van der Waals surface area contributed by atoms with Crippen LogP contribution in [0.2, 0.25) is 0 Å². The Bertz CT molecular complexity index is 1470. The maximum atomic E-state index is 13.2. The van der Waals surface area contributed by atoms with Crippen molar-refractivity contribution in [1.82, 2.24) is 19.5 Å². The molecule has 4 aromatic rings. The Morgan fingerprint density at radius 3 is 2.76 bits per heavy atom. The van der Waals surface area contributed by atoms with Crippen LogP contribution in [0.4, 0.5) is 11.8 Å². The molecule has 1 saturated heterocycles. The number of hydrogen-bond acceptors (Lipinski definition) is 9. The Morgan fingerprint density at radius 1 is 1.18 bits per heavy atom. The lowest BCUT2D eigenvalue weighted by molar-refractivity contribution is 0.0987. The van der Waals surface area contributed by atoms with E-state index >= 15 is 0 Å². The first-order chi connectivity index (χ1) is 16.0. The maximum Gasteiger partial charge on any atom is 0.239 e. The number of benzene rings is 1. The van der Waals surface area contributed by atoms with Gasteiger partial charge in [0.1, 0.15) is 10.4 Å². The minimum absolute atomic E-state index is 0.110. The fraction of sp³-hybridized carbons (Fsp3) is 0.409. The Balaban J connectivity index is 1.65. The van der Waals surface area contributed by atoms with Gasteiger partial charge < -0.3 is 15.0 Å². The van der Waals surface area contributed by atoms with E-state index in [0.717, 1.165) is 21.6 Å². The van der Waals surface area contributed by atoms with E-state index in [1.165, 1.54) is 11.3 Å². The predicted octanol–water partition coefficient (Wildman–Crippen LogP) is 3.23. The van der Waals surface area contributed by atoms with E-state index in [1.807, 2.05) is 28.8 Å². The molecular weight excluding hydrogens is 460 g/mol. The van der Waals surface area contributed by atoms with Crippen molar-refractivity contribution in [3.63, 3.8) is 0 Å². The number of aromatic nitrogens is 4. The van der Waals surface area contributed by atoms with Crippen LogP contribution in [0, 0.1) is 0 Å². The second-order valence-corrected chi connectivity index (χ2v) is 11.6. The minimum Gasteiger partial charge on any atom is -0.377 e. The first-order valence-electron chi connectivity index (χ1n) is 11.0. The van der Waals surface area contributed by atoms with Crippen molar-refractivity contribution >= 4 is 54.2 Å². The molecule has 172 valence electrons. The molecule has 11 heteroatoms. The molecular formula is C22H24N6O3S2. The number of nitrogens with one attached hydrogen (secondary N) is 1. The van der Waals surface area contributed by atoms with Gasteiger partial charge in [0, 0.05) is 19.0 Å². The fourth-order valence-corrected chi connectivity index (χ4v) is 7.51. The molecule has 2 fully saturated rings. The largest absolute Gasteiger partial charge is 0.377 e. The summed E-state index contributed by atoms with van der Waals surface area (Å²) in [6.45, 7) is 3.96. The summed E-state index contributed by atoms with van der Waals surface area (Å²) >= 11 is 1.40. The van der Waals surface area contributed by atoms with E-state index < -0.39 is 9.84 Å². The van der Waals surface area contributed by atoms with Crippen LogP contribution < -0.4 is 10.2 Å². The van der Waals surface area contributed by atoms with Gasteiger partial charge >= 0.3 is 0 Å². The molecule has 1 N–H and O–H groups in total. The van der Waals surface area contributed by atoms with E-state index in [0.29, 0.717) is 54.9 Å². The number of sulfone groups is 1. The third-order valence-corrected chi connectivity index (χ3v) is 9.63. The molecule has 0 spiro atoms. The third kappa shape index (κ3) is 3.29. The van der Waals surface area contributed by atoms with Gasteiger partial charge in [-0.2, -0.15) is 4.98 Å². The Hall–Kier alpha value is -2.76. The monoisotopic (exact) mass is 484 g/mol. The Labute approximate surface area is 195 Å². The zero-order chi connectivity index (χ0) is 22.7. The molecule has 0 amide bonds. The number of fused-ring (bicyclic) bond motifs is 2. The molecule has 1 aliphatic heterocycles. The number of anilines is 2. The van der Waals surface area contributed by atoms with E-state index in [2.05, 4.69) is 22.1 Å². The van der Waals surface area contributed by atoms with Crippen LogP contribution in [0.15, 0.2) is 34.5 Å². The van der Waals surface area contributed by atoms with Gasteiger partial charge in [-0.15, -0.1) is 11.3 Å². The van der Waals surface area contributed by atoms with Crippen molar-refractivity contribution in [2.75, 3.05) is 37.0 Å². The molecule has 1 atom stereocenters. The average Bonchev–Trinajstić information content (AvgIpc) is 3.49. The maximum absolute atomic E-state index is 13.2. The molecule has 33 heavy (non-hydrogen) atoms. The summed E-state index contributed by atoms with van der Waals surface area (Å²) in [5.74, 6) is 1.74. The van der Waals surface area contributed by atoms with Gasteiger partial charge in [-0.25, -0.2) is 23.0 Å². The van der Waals surface area contributed by atoms with Crippen molar-refractivity contribution < 1.29 is 13.2 Å². The van der Waals surface area contributed by atoms with Crippen molar-refractivity contribution in [1.29, 1.82) is 0 Å². The van der Waals surface area contributed by atoms with Crippen LogP contribution in [-0.4, -0.2) is 66.0 Å². The SMILES string of the molecule is CNc1nc2ccccc2n1-c1nc(N2CCOC[C@H]2C)c2scc(S(=O)(=O)C3CC3)c2n1. The van der Waals surface area contributed by atoms with Gasteiger partial charge in [0.2, 0.25) is 11.9 Å². The molecule has 0 unspecified atom stereocenters. The lowest BCUT2D eigenvalue weighted by Gasteiger charge is -2.34. The second-order valence-electron chi connectivity index (χ2n) is 8.50. The van der Waals surface area contributed by atoms with Gasteiger partial charge in [0.15, 0.2) is 15.7 Å². The number of imidazole rings is 1. The number of thiophene rings is 1. The number of morpholine rings is 1. The molecule has 9 nitrogen and oxygen atoms in total. The molecule has 1 aromatic carbocycles. The topological polar surface area (TPSA) is 102 Å². The molecule has 0 bridgehead atoms. The molecule has 4 heterocycles. The molecule has 2 aliphatic rings. The van der Waals surface area contributed by atoms with E-state index in [-0.39, 0.29) is 11.3 Å². The van der Waals surface area contributed by atoms with Crippen molar-refractivity contribution in [2.45, 2.75) is 36.0 Å². The number of ether oxygens (including phenoxy) is 1. The quantitative estimate of drug-likeness (QED) is 0.461. The van der Waals surface area contributed by atoms with E-state index in [1.54, 1.807) is 12.4 Å². The molecule has 6 rings (SSSR count). The summed E-state index contributed by atoms with van der Waals surface area (Å²) in [5, 5.41) is 4.56. The van der Waals surface area contributed by atoms with Crippen LogP contribution in [0.3, 0.4) is 0 Å². The smallest absolute Gasteiger partial charge is 0.239 e. The number of rotatable bonds is 5. The molecule has 1 aliphatic carbocycles. The fourth-order valence-electron chi connectivity index (χ4n) is 4.36. The van der Waals surface area contributed by atoms with E-state index in [4.69, 9.17) is 14.7 Å². The highest BCUT2D eigenvalue weighted by Crippen LogP contribution is 2.41. The van der Waals surface area contributed by atoms with Gasteiger partial charge in [0.25, 0.3) is 0 Å². The van der Waals surface area contributed by atoms with Gasteiger partial charge in [0.05, 0.1) is 40.2 Å². The summed E-state index contributed by atoms with van der Waals surface area (Å²) in [5.41, 5.74) is 2.15. The van der Waals surface area contributed by atoms with Crippen LogP contribution >= 0.6 is 11.3 Å². The van der Waals surface area contributed by atoms with Crippen LogP contribution in [-0.2, 0) is 14.6 Å². The van der Waals surface area contributed by atoms with Gasteiger partial charge in [-0.1, -0.05) is 12.1 Å². The van der Waals surface area contributed by atoms with Gasteiger partial charge in [-0.3, -0.25) is 0 Å². The van der Waals surface area contributed by atoms with Crippen molar-refractivity contribution in [3.05, 3.63) is 29.6 Å². The highest BCUT2D eigenvalue weighted by atomic mass is 32.2.